The number of nitrogens with zero attached hydrogens (tertiary/aromatic N) is 3. The lowest BCUT2D eigenvalue weighted by atomic mass is 9.92. The first-order chi connectivity index (χ1) is 13.5. The van der Waals surface area contributed by atoms with Crippen molar-refractivity contribution in [1.29, 1.82) is 0 Å². The summed E-state index contributed by atoms with van der Waals surface area (Å²) < 4.78 is 29.8. The smallest absolute Gasteiger partial charge is 0.315 e. The van der Waals surface area contributed by atoms with Crippen LogP contribution in [0.3, 0.4) is 0 Å². The molecule has 0 fully saturated rings. The molecule has 2 aromatic heterocycles. The predicted molar refractivity (Wildman–Crippen MR) is 94.9 cm³/mol. The molecule has 144 valence electrons. The zero-order valence-corrected chi connectivity index (χ0v) is 14.8. The van der Waals surface area contributed by atoms with Gasteiger partial charge in [0, 0.05) is 23.7 Å². The number of halogens is 2. The summed E-state index contributed by atoms with van der Waals surface area (Å²) in [6.45, 7) is -0.209. The van der Waals surface area contributed by atoms with Crippen molar-refractivity contribution >= 4 is 5.78 Å². The number of aliphatic hydroxyl groups is 1. The highest BCUT2D eigenvalue weighted by Crippen LogP contribution is 2.38. The number of Topliss-reactive ketones (excluding diaryl/α,β-unsaturated/α-hetero) is 1. The van der Waals surface area contributed by atoms with E-state index in [4.69, 9.17) is 0 Å². The van der Waals surface area contributed by atoms with E-state index in [2.05, 4.69) is 19.6 Å². The van der Waals surface area contributed by atoms with Crippen LogP contribution in [0.1, 0.15) is 58.3 Å². The second-order valence-corrected chi connectivity index (χ2v) is 6.73. The molecule has 0 radical (unpaired) electrons. The molecule has 0 bridgehead atoms. The summed E-state index contributed by atoms with van der Waals surface area (Å²) >= 11 is 0. The molecular formula is C20H17F2N3O3. The summed E-state index contributed by atoms with van der Waals surface area (Å²) in [7, 11) is 0. The van der Waals surface area contributed by atoms with Gasteiger partial charge in [-0.15, -0.1) is 0 Å². The van der Waals surface area contributed by atoms with Crippen LogP contribution in [0.4, 0.5) is 8.78 Å². The van der Waals surface area contributed by atoms with Gasteiger partial charge in [-0.05, 0) is 48.1 Å². The van der Waals surface area contributed by atoms with Crippen molar-refractivity contribution in [2.24, 2.45) is 0 Å². The maximum Gasteiger partial charge on any atom is 0.315 e. The number of benzene rings is 1. The van der Waals surface area contributed by atoms with Crippen LogP contribution in [0.25, 0.3) is 11.4 Å². The third-order valence-electron chi connectivity index (χ3n) is 4.96. The minimum absolute atomic E-state index is 0.00114. The first-order valence-corrected chi connectivity index (χ1v) is 8.89. The van der Waals surface area contributed by atoms with Crippen LogP contribution in [-0.2, 0) is 13.0 Å². The topological polar surface area (TPSA) is 89.1 Å². The van der Waals surface area contributed by atoms with Gasteiger partial charge in [0.15, 0.2) is 5.78 Å². The number of hydrogen-bond acceptors (Lipinski definition) is 6. The molecule has 1 N–H and O–H groups in total. The van der Waals surface area contributed by atoms with Crippen LogP contribution >= 0.6 is 0 Å². The number of alkyl halides is 2. The Balaban J connectivity index is 1.52. The molecule has 0 spiro atoms. The minimum atomic E-state index is -2.80. The maximum atomic E-state index is 12.6. The van der Waals surface area contributed by atoms with Crippen molar-refractivity contribution in [1.82, 2.24) is 15.1 Å². The molecule has 3 aromatic rings. The lowest BCUT2D eigenvalue weighted by Gasteiger charge is -2.11. The molecule has 0 saturated heterocycles. The Morgan fingerprint density at radius 2 is 2.14 bits per heavy atom. The van der Waals surface area contributed by atoms with Crippen molar-refractivity contribution in [3.8, 4) is 11.4 Å². The fraction of sp³-hybridized carbons (Fsp3) is 0.300. The Morgan fingerprint density at radius 3 is 2.89 bits per heavy atom. The quantitative estimate of drug-likeness (QED) is 0.648. The molecule has 8 heteroatoms. The molecule has 1 aliphatic rings. The van der Waals surface area contributed by atoms with Crippen molar-refractivity contribution < 1.29 is 23.2 Å². The molecule has 4 rings (SSSR count). The van der Waals surface area contributed by atoms with Gasteiger partial charge in [0.25, 0.3) is 5.89 Å². The molecule has 0 unspecified atom stereocenters. The zero-order valence-electron chi connectivity index (χ0n) is 14.8. The number of pyridine rings is 1. The summed E-state index contributed by atoms with van der Waals surface area (Å²) in [5.74, 6) is -0.479. The molecule has 6 nitrogen and oxygen atoms in total. The van der Waals surface area contributed by atoms with E-state index in [0.717, 1.165) is 24.0 Å². The van der Waals surface area contributed by atoms with Gasteiger partial charge >= 0.3 is 6.43 Å². The zero-order chi connectivity index (χ0) is 19.7. The Hall–Kier alpha value is -3.00. The van der Waals surface area contributed by atoms with Crippen LogP contribution in [0.5, 0.6) is 0 Å². The predicted octanol–water partition coefficient (Wildman–Crippen LogP) is 3.86. The monoisotopic (exact) mass is 385 g/mol. The Labute approximate surface area is 159 Å². The van der Waals surface area contributed by atoms with Crippen LogP contribution < -0.4 is 0 Å². The molecule has 1 aromatic carbocycles. The van der Waals surface area contributed by atoms with Crippen LogP contribution in [0, 0.1) is 0 Å². The van der Waals surface area contributed by atoms with Crippen molar-refractivity contribution in [3.05, 3.63) is 64.8 Å². The van der Waals surface area contributed by atoms with Gasteiger partial charge in [0.1, 0.15) is 0 Å². The molecule has 1 atom stereocenters. The molecular weight excluding hydrogens is 368 g/mol. The first kappa shape index (κ1) is 18.4. The number of carbonyl (C=O) groups excluding carboxylic acids is 1. The van der Waals surface area contributed by atoms with Gasteiger partial charge in [-0.3, -0.25) is 9.78 Å². The maximum absolute atomic E-state index is 12.6. The normalized spacial score (nSPS) is 15.8. The largest absolute Gasteiger partial charge is 0.390 e. The van der Waals surface area contributed by atoms with Gasteiger partial charge in [-0.25, -0.2) is 0 Å². The standard InChI is InChI=1S/C20H17F2N3O3/c21-18(22)20-24-19(25-28-20)14-3-4-16-11(7-14)1-2-12(16)9-17(27)13-5-6-23-15(8-13)10-26/h3-8,12,18,26H,1-2,9-10H2/t12-/m0/s1. The van der Waals surface area contributed by atoms with Crippen LogP contribution in [0.2, 0.25) is 0 Å². The van der Waals surface area contributed by atoms with Crippen molar-refractivity contribution in [2.45, 2.75) is 38.2 Å². The Morgan fingerprint density at radius 1 is 1.29 bits per heavy atom. The number of ketones is 1. The van der Waals surface area contributed by atoms with Crippen LogP contribution in [-0.4, -0.2) is 26.0 Å². The highest BCUT2D eigenvalue weighted by Gasteiger charge is 2.26. The van der Waals surface area contributed by atoms with Crippen molar-refractivity contribution in [3.63, 3.8) is 0 Å². The average molecular weight is 385 g/mol. The van der Waals surface area contributed by atoms with E-state index in [9.17, 15) is 18.7 Å². The summed E-state index contributed by atoms with van der Waals surface area (Å²) in [4.78, 5) is 20.3. The van der Waals surface area contributed by atoms with E-state index in [1.165, 1.54) is 6.20 Å². The van der Waals surface area contributed by atoms with Crippen LogP contribution in [0.15, 0.2) is 41.1 Å². The van der Waals surface area contributed by atoms with E-state index in [1.54, 1.807) is 18.2 Å². The highest BCUT2D eigenvalue weighted by atomic mass is 19.3. The van der Waals surface area contributed by atoms with Gasteiger partial charge < -0.3 is 9.63 Å². The third-order valence-corrected chi connectivity index (χ3v) is 4.96. The number of carbonyl (C=O) groups is 1. The number of aryl methyl sites for hydroxylation is 1. The van der Waals surface area contributed by atoms with Gasteiger partial charge in [-0.1, -0.05) is 17.3 Å². The Bertz CT molecular complexity index is 1020. The number of aromatic nitrogens is 3. The summed E-state index contributed by atoms with van der Waals surface area (Å²) in [6.07, 6.45) is 0.701. The molecule has 28 heavy (non-hydrogen) atoms. The van der Waals surface area contributed by atoms with E-state index < -0.39 is 12.3 Å². The lowest BCUT2D eigenvalue weighted by Crippen LogP contribution is -2.06. The minimum Gasteiger partial charge on any atom is -0.390 e. The number of fused-ring (bicyclic) bond motifs is 1. The SMILES string of the molecule is O=C(C[C@@H]1CCc2cc(-c3noc(C(F)F)n3)ccc21)c1ccnc(CO)c1. The molecule has 1 aliphatic carbocycles. The van der Waals surface area contributed by atoms with Gasteiger partial charge in [-0.2, -0.15) is 13.8 Å². The van der Waals surface area contributed by atoms with E-state index >= 15 is 0 Å². The number of rotatable bonds is 6. The van der Waals surface area contributed by atoms with E-state index in [-0.39, 0.29) is 24.1 Å². The summed E-state index contributed by atoms with van der Waals surface area (Å²) in [5.41, 5.74) is 3.75. The fourth-order valence-corrected chi connectivity index (χ4v) is 3.58. The first-order valence-electron chi connectivity index (χ1n) is 8.89. The van der Waals surface area contributed by atoms with Gasteiger partial charge in [0.05, 0.1) is 12.3 Å². The van der Waals surface area contributed by atoms with Gasteiger partial charge in [0.2, 0.25) is 5.82 Å². The number of aliphatic hydroxyl groups excluding tert-OH is 1. The second kappa shape index (κ2) is 7.55. The van der Waals surface area contributed by atoms with Crippen molar-refractivity contribution in [2.75, 3.05) is 0 Å². The van der Waals surface area contributed by atoms with E-state index in [1.807, 2.05) is 12.1 Å². The average Bonchev–Trinajstić information content (AvgIpc) is 3.35. The lowest BCUT2D eigenvalue weighted by molar-refractivity contribution is 0.0973. The molecule has 0 amide bonds. The summed E-state index contributed by atoms with van der Waals surface area (Å²) in [6, 6.07) is 8.80. The molecule has 2 heterocycles. The second-order valence-electron chi connectivity index (χ2n) is 6.73. The summed E-state index contributed by atoms with van der Waals surface area (Å²) in [5, 5.41) is 12.8. The third kappa shape index (κ3) is 3.55. The Kier molecular flexibility index (Phi) is 4.95. The fourth-order valence-electron chi connectivity index (χ4n) is 3.58. The molecule has 0 saturated carbocycles. The van der Waals surface area contributed by atoms with E-state index in [0.29, 0.717) is 23.2 Å². The highest BCUT2D eigenvalue weighted by molar-refractivity contribution is 5.96. The molecule has 0 aliphatic heterocycles. The number of hydrogen-bond donors (Lipinski definition) is 1.